The third-order valence-electron chi connectivity index (χ3n) is 2.45. The van der Waals surface area contributed by atoms with Crippen LogP contribution in [0.15, 0.2) is 18.2 Å². The van der Waals surface area contributed by atoms with Crippen molar-refractivity contribution in [3.8, 4) is 0 Å². The fourth-order valence-corrected chi connectivity index (χ4v) is 1.57. The number of benzene rings is 1. The molecule has 1 amide bonds. The molecule has 0 aromatic heterocycles. The van der Waals surface area contributed by atoms with E-state index in [1.54, 1.807) is 19.2 Å². The summed E-state index contributed by atoms with van der Waals surface area (Å²) in [7, 11) is 2.89. The van der Waals surface area contributed by atoms with E-state index in [9.17, 15) is 9.59 Å². The first kappa shape index (κ1) is 14.3. The van der Waals surface area contributed by atoms with Gasteiger partial charge in [-0.3, -0.25) is 9.59 Å². The second-order valence-electron chi connectivity index (χ2n) is 3.79. The topological polar surface area (TPSA) is 72.6 Å². The molecule has 1 rings (SSSR count). The van der Waals surface area contributed by atoms with Crippen molar-refractivity contribution in [2.45, 2.75) is 6.42 Å². The average molecular weight is 271 g/mol. The molecule has 6 heteroatoms. The molecule has 0 heterocycles. The molecular weight excluding hydrogens is 256 g/mol. The number of halogens is 1. The fraction of sp³-hybridized carbons (Fsp3) is 0.333. The standard InChI is InChI=1S/C12H15ClN2O3/c1-15(6-5-11(16)18-2)12(17)9-7-8(14)3-4-10(9)13/h3-4,7H,5-6,14H2,1-2H3. The van der Waals surface area contributed by atoms with Crippen molar-refractivity contribution in [1.82, 2.24) is 4.90 Å². The lowest BCUT2D eigenvalue weighted by Crippen LogP contribution is -2.29. The van der Waals surface area contributed by atoms with Crippen LogP contribution in [-0.2, 0) is 9.53 Å². The van der Waals surface area contributed by atoms with Crippen molar-refractivity contribution in [2.75, 3.05) is 26.4 Å². The summed E-state index contributed by atoms with van der Waals surface area (Å²) in [5, 5.41) is 0.333. The Kier molecular flexibility index (Phi) is 4.97. The number of rotatable bonds is 4. The highest BCUT2D eigenvalue weighted by molar-refractivity contribution is 6.34. The summed E-state index contributed by atoms with van der Waals surface area (Å²) in [5.41, 5.74) is 6.39. The molecule has 0 spiro atoms. The second kappa shape index (κ2) is 6.26. The molecule has 0 aliphatic heterocycles. The van der Waals surface area contributed by atoms with E-state index >= 15 is 0 Å². The van der Waals surface area contributed by atoms with Crippen LogP contribution in [-0.4, -0.2) is 37.5 Å². The smallest absolute Gasteiger partial charge is 0.307 e. The quantitative estimate of drug-likeness (QED) is 0.666. The Bertz CT molecular complexity index is 463. The molecule has 0 bridgehead atoms. The molecular formula is C12H15ClN2O3. The molecule has 0 aliphatic rings. The summed E-state index contributed by atoms with van der Waals surface area (Å²) in [4.78, 5) is 24.4. The van der Waals surface area contributed by atoms with Crippen molar-refractivity contribution in [3.63, 3.8) is 0 Å². The van der Waals surface area contributed by atoms with Crippen molar-refractivity contribution in [3.05, 3.63) is 28.8 Å². The number of nitrogens with zero attached hydrogens (tertiary/aromatic N) is 1. The first-order valence-corrected chi connectivity index (χ1v) is 5.70. The van der Waals surface area contributed by atoms with E-state index in [-0.39, 0.29) is 24.8 Å². The number of ether oxygens (including phenoxy) is 1. The zero-order valence-corrected chi connectivity index (χ0v) is 11.0. The molecule has 0 saturated carbocycles. The zero-order chi connectivity index (χ0) is 13.7. The van der Waals surface area contributed by atoms with Gasteiger partial charge < -0.3 is 15.4 Å². The summed E-state index contributed by atoms with van der Waals surface area (Å²) in [5.74, 6) is -0.649. The molecule has 0 fully saturated rings. The number of esters is 1. The second-order valence-corrected chi connectivity index (χ2v) is 4.20. The molecule has 98 valence electrons. The highest BCUT2D eigenvalue weighted by Gasteiger charge is 2.16. The molecule has 1 aromatic rings. The number of hydrogen-bond donors (Lipinski definition) is 1. The number of hydrogen-bond acceptors (Lipinski definition) is 4. The van der Waals surface area contributed by atoms with Crippen molar-refractivity contribution in [1.29, 1.82) is 0 Å². The van der Waals surface area contributed by atoms with Crippen molar-refractivity contribution < 1.29 is 14.3 Å². The Balaban J connectivity index is 2.74. The van der Waals surface area contributed by atoms with Crippen LogP contribution in [0.4, 0.5) is 5.69 Å². The summed E-state index contributed by atoms with van der Waals surface area (Å²) in [6.45, 7) is 0.261. The summed E-state index contributed by atoms with van der Waals surface area (Å²) in [6.07, 6.45) is 0.138. The van der Waals surface area contributed by atoms with Crippen LogP contribution in [0.2, 0.25) is 5.02 Å². The van der Waals surface area contributed by atoms with E-state index in [0.29, 0.717) is 16.3 Å². The molecule has 0 aliphatic carbocycles. The predicted octanol–water partition coefficient (Wildman–Crippen LogP) is 1.56. The zero-order valence-electron chi connectivity index (χ0n) is 10.3. The Morgan fingerprint density at radius 1 is 1.44 bits per heavy atom. The maximum atomic E-state index is 12.1. The van der Waals surface area contributed by atoms with Crippen LogP contribution in [0.25, 0.3) is 0 Å². The van der Waals surface area contributed by atoms with Crippen molar-refractivity contribution >= 4 is 29.2 Å². The third kappa shape index (κ3) is 3.63. The molecule has 5 nitrogen and oxygen atoms in total. The lowest BCUT2D eigenvalue weighted by molar-refractivity contribution is -0.140. The van der Waals surface area contributed by atoms with E-state index in [1.165, 1.54) is 18.1 Å². The maximum absolute atomic E-state index is 12.1. The first-order valence-electron chi connectivity index (χ1n) is 5.33. The minimum Gasteiger partial charge on any atom is -0.469 e. The van der Waals surface area contributed by atoms with Crippen LogP contribution in [0.3, 0.4) is 0 Å². The van der Waals surface area contributed by atoms with Gasteiger partial charge in [0.15, 0.2) is 0 Å². The molecule has 0 radical (unpaired) electrons. The monoisotopic (exact) mass is 270 g/mol. The van der Waals surface area contributed by atoms with Gasteiger partial charge in [-0.25, -0.2) is 0 Å². The number of nitrogens with two attached hydrogens (primary N) is 1. The van der Waals surface area contributed by atoms with E-state index in [1.807, 2.05) is 0 Å². The molecule has 18 heavy (non-hydrogen) atoms. The first-order chi connectivity index (χ1) is 8.45. The van der Waals surface area contributed by atoms with Gasteiger partial charge in [0.05, 0.1) is 24.1 Å². The lowest BCUT2D eigenvalue weighted by Gasteiger charge is -2.17. The summed E-state index contributed by atoms with van der Waals surface area (Å²) >= 11 is 5.93. The minimum atomic E-state index is -0.367. The lowest BCUT2D eigenvalue weighted by atomic mass is 10.1. The number of anilines is 1. The van der Waals surface area contributed by atoms with Gasteiger partial charge in [0, 0.05) is 19.3 Å². The fourth-order valence-electron chi connectivity index (χ4n) is 1.38. The Morgan fingerprint density at radius 2 is 2.11 bits per heavy atom. The predicted molar refractivity (Wildman–Crippen MR) is 69.5 cm³/mol. The molecule has 0 unspecified atom stereocenters. The molecule has 2 N–H and O–H groups in total. The Hall–Kier alpha value is -1.75. The Morgan fingerprint density at radius 3 is 2.72 bits per heavy atom. The summed E-state index contributed by atoms with van der Waals surface area (Å²) in [6, 6.07) is 4.70. The highest BCUT2D eigenvalue weighted by Crippen LogP contribution is 2.20. The number of carbonyl (C=O) groups is 2. The van der Waals surface area contributed by atoms with Crippen LogP contribution < -0.4 is 5.73 Å². The SMILES string of the molecule is COC(=O)CCN(C)C(=O)c1cc(N)ccc1Cl. The maximum Gasteiger partial charge on any atom is 0.307 e. The minimum absolute atomic E-state index is 0.138. The van der Waals surface area contributed by atoms with Crippen LogP contribution >= 0.6 is 11.6 Å². The van der Waals surface area contributed by atoms with Gasteiger partial charge in [0.25, 0.3) is 5.91 Å². The van der Waals surface area contributed by atoms with Gasteiger partial charge in [-0.05, 0) is 18.2 Å². The number of nitrogen functional groups attached to an aromatic ring is 1. The van der Waals surface area contributed by atoms with Gasteiger partial charge in [-0.2, -0.15) is 0 Å². The van der Waals surface area contributed by atoms with E-state index in [2.05, 4.69) is 4.74 Å². The van der Waals surface area contributed by atoms with Gasteiger partial charge in [0.2, 0.25) is 0 Å². The number of methoxy groups -OCH3 is 1. The largest absolute Gasteiger partial charge is 0.469 e. The summed E-state index contributed by atoms with van der Waals surface area (Å²) < 4.78 is 4.51. The van der Waals surface area contributed by atoms with Gasteiger partial charge in [-0.15, -0.1) is 0 Å². The Labute approximate surface area is 110 Å². The van der Waals surface area contributed by atoms with Crippen LogP contribution in [0.5, 0.6) is 0 Å². The third-order valence-corrected chi connectivity index (χ3v) is 2.78. The van der Waals surface area contributed by atoms with E-state index in [0.717, 1.165) is 0 Å². The van der Waals surface area contributed by atoms with Crippen LogP contribution in [0, 0.1) is 0 Å². The van der Waals surface area contributed by atoms with Crippen molar-refractivity contribution in [2.24, 2.45) is 0 Å². The molecule has 0 atom stereocenters. The number of carbonyl (C=O) groups excluding carboxylic acids is 2. The van der Waals surface area contributed by atoms with E-state index < -0.39 is 0 Å². The van der Waals surface area contributed by atoms with E-state index in [4.69, 9.17) is 17.3 Å². The highest BCUT2D eigenvalue weighted by atomic mass is 35.5. The van der Waals surface area contributed by atoms with Crippen LogP contribution in [0.1, 0.15) is 16.8 Å². The number of amides is 1. The molecule has 0 saturated heterocycles. The van der Waals surface area contributed by atoms with Gasteiger partial charge in [-0.1, -0.05) is 11.6 Å². The molecule has 1 aromatic carbocycles. The normalized spacial score (nSPS) is 9.94. The van der Waals surface area contributed by atoms with Gasteiger partial charge >= 0.3 is 5.97 Å². The van der Waals surface area contributed by atoms with Gasteiger partial charge in [0.1, 0.15) is 0 Å². The average Bonchev–Trinajstić information content (AvgIpc) is 2.37.